The molecule has 0 aliphatic rings. The molecule has 1 amide bonds. The second-order valence-corrected chi connectivity index (χ2v) is 11.3. The summed E-state index contributed by atoms with van der Waals surface area (Å²) < 4.78 is 12.1. The third-order valence-electron chi connectivity index (χ3n) is 4.39. The van der Waals surface area contributed by atoms with Crippen LogP contribution in [0.25, 0.3) is 0 Å². The van der Waals surface area contributed by atoms with E-state index in [1.807, 2.05) is 20.5 Å². The first-order valence-corrected chi connectivity index (χ1v) is 12.1. The third kappa shape index (κ3) is 13.5. The number of carbonyl (C=O) groups excluding carboxylic acids is 1. The fourth-order valence-electron chi connectivity index (χ4n) is 2.29. The highest BCUT2D eigenvalue weighted by molar-refractivity contribution is 7.63. The Hall–Kier alpha value is -0.350. The lowest BCUT2D eigenvalue weighted by Crippen LogP contribution is -2.36. The topological polar surface area (TPSA) is 50.8 Å². The third-order valence-corrected chi connectivity index (χ3v) is 5.75. The predicted octanol–water partition coefficient (Wildman–Crippen LogP) is 4.93. The number of carbonyl (C=O) groups is 1. The van der Waals surface area contributed by atoms with E-state index in [4.69, 9.17) is 9.05 Å². The van der Waals surface area contributed by atoms with Gasteiger partial charge in [-0.1, -0.05) is 55.3 Å². The summed E-state index contributed by atoms with van der Waals surface area (Å²) in [6.07, 6.45) is 4.19. The fraction of sp³-hybridized carbons (Fsp3) is 0.905. The van der Waals surface area contributed by atoms with Crippen molar-refractivity contribution in [1.82, 2.24) is 10.2 Å². The van der Waals surface area contributed by atoms with Gasteiger partial charge in [0.25, 0.3) is 0 Å². The molecule has 164 valence electrons. The van der Waals surface area contributed by atoms with Crippen LogP contribution >= 0.6 is 7.34 Å². The van der Waals surface area contributed by atoms with Gasteiger partial charge in [-0.05, 0) is 25.7 Å². The average molecular weight is 407 g/mol. The van der Waals surface area contributed by atoms with Crippen LogP contribution in [0.1, 0.15) is 62.8 Å². The number of hydrogen-bond donors (Lipinski definition) is 1. The molecule has 0 bridgehead atoms. The van der Waals surface area contributed by atoms with Crippen LogP contribution in [0.5, 0.6) is 0 Å². The summed E-state index contributed by atoms with van der Waals surface area (Å²) >= 11 is 0. The van der Waals surface area contributed by atoms with Gasteiger partial charge < -0.3 is 14.4 Å². The first-order chi connectivity index (χ1) is 11.9. The summed E-state index contributed by atoms with van der Waals surface area (Å²) in [5, 5.41) is 3.01. The lowest BCUT2D eigenvalue weighted by Gasteiger charge is -2.32. The summed E-state index contributed by atoms with van der Waals surface area (Å²) in [5.74, 6) is 1.34. The molecule has 0 aliphatic heterocycles. The van der Waals surface area contributed by atoms with Gasteiger partial charge in [-0.25, -0.2) is 0 Å². The van der Waals surface area contributed by atoms with Crippen molar-refractivity contribution in [2.75, 3.05) is 33.1 Å². The predicted molar refractivity (Wildman–Crippen MR) is 121 cm³/mol. The van der Waals surface area contributed by atoms with E-state index in [-0.39, 0.29) is 25.2 Å². The van der Waals surface area contributed by atoms with Crippen molar-refractivity contribution >= 4 is 19.5 Å². The molecular formula is C21H47N2O3P. The van der Waals surface area contributed by atoms with Crippen LogP contribution in [0.3, 0.4) is 0 Å². The van der Waals surface area contributed by atoms with Crippen molar-refractivity contribution in [1.29, 1.82) is 0 Å². The zero-order valence-corrected chi connectivity index (χ0v) is 19.4. The molecule has 0 aromatic heterocycles. The molecule has 0 aliphatic carbocycles. The molecule has 5 nitrogen and oxygen atoms in total. The maximum atomic E-state index is 11.8. The summed E-state index contributed by atoms with van der Waals surface area (Å²) in [6.45, 7) is 21.6. The first kappa shape index (κ1) is 28.9. The molecule has 0 aromatic carbocycles. The van der Waals surface area contributed by atoms with Gasteiger partial charge in [0.15, 0.2) is 0 Å². The lowest BCUT2D eigenvalue weighted by atomic mass is 9.96. The Balaban J connectivity index is 0. The maximum Gasteiger partial charge on any atom is 0.222 e. The van der Waals surface area contributed by atoms with Crippen LogP contribution in [-0.2, 0) is 13.8 Å². The van der Waals surface area contributed by atoms with Gasteiger partial charge in [0.2, 0.25) is 5.91 Å². The molecule has 2 unspecified atom stereocenters. The molecule has 6 heteroatoms. The van der Waals surface area contributed by atoms with Gasteiger partial charge >= 0.3 is 0 Å². The highest BCUT2D eigenvalue weighted by Gasteiger charge is 2.20. The van der Waals surface area contributed by atoms with E-state index in [1.54, 1.807) is 0 Å². The Morgan fingerprint density at radius 3 is 2.04 bits per heavy atom. The summed E-state index contributed by atoms with van der Waals surface area (Å²) in [5.41, 5.74) is 0. The molecule has 0 fully saturated rings. The zero-order chi connectivity index (χ0) is 20.5. The van der Waals surface area contributed by atoms with Crippen molar-refractivity contribution in [3.8, 4) is 0 Å². The molecule has 27 heavy (non-hydrogen) atoms. The van der Waals surface area contributed by atoms with Crippen molar-refractivity contribution in [2.45, 2.75) is 68.9 Å². The van der Waals surface area contributed by atoms with Crippen molar-refractivity contribution < 1.29 is 13.8 Å². The van der Waals surface area contributed by atoms with E-state index in [0.29, 0.717) is 37.8 Å². The molecule has 2 atom stereocenters. The first-order valence-electron chi connectivity index (χ1n) is 9.87. The molecular weight excluding hydrogens is 359 g/mol. The molecule has 0 saturated heterocycles. The minimum atomic E-state index is -2.14. The number of nitrogens with zero attached hydrogens (tertiary/aromatic N) is 1. The molecule has 0 spiro atoms. The minimum absolute atomic E-state index is 0. The molecule has 0 aromatic rings. The van der Waals surface area contributed by atoms with E-state index >= 15 is 0 Å². The smallest absolute Gasteiger partial charge is 0.222 e. The van der Waals surface area contributed by atoms with E-state index in [2.05, 4.69) is 58.1 Å². The van der Waals surface area contributed by atoms with Gasteiger partial charge in [-0.3, -0.25) is 9.69 Å². The van der Waals surface area contributed by atoms with Crippen LogP contribution in [0.2, 0.25) is 0 Å². The van der Waals surface area contributed by atoms with Crippen molar-refractivity contribution in [2.24, 2.45) is 23.7 Å². The van der Waals surface area contributed by atoms with E-state index in [1.165, 1.54) is 0 Å². The summed E-state index contributed by atoms with van der Waals surface area (Å²) in [4.78, 5) is 14.1. The Labute approximate surface area is 169 Å². The van der Waals surface area contributed by atoms with E-state index in [9.17, 15) is 4.79 Å². The summed E-state index contributed by atoms with van der Waals surface area (Å²) in [7, 11) is -2.14. The van der Waals surface area contributed by atoms with E-state index < -0.39 is 7.34 Å². The quantitative estimate of drug-likeness (QED) is 0.348. The number of amides is 1. The molecule has 0 heterocycles. The lowest BCUT2D eigenvalue weighted by molar-refractivity contribution is -0.124. The number of nitrogens with one attached hydrogen (secondary N) is 1. The highest BCUT2D eigenvalue weighted by Crippen LogP contribution is 2.44. The Morgan fingerprint density at radius 2 is 1.63 bits per heavy atom. The minimum Gasteiger partial charge on any atom is -0.356 e. The Bertz CT molecular complexity index is 451. The van der Waals surface area contributed by atoms with Gasteiger partial charge in [0, 0.05) is 37.6 Å². The van der Waals surface area contributed by atoms with Crippen LogP contribution in [0, 0.1) is 23.7 Å². The fourth-order valence-corrected chi connectivity index (χ4v) is 3.27. The SMILES string of the molecule is C.C=P(C)(OCC(CNC(=O)C(C)C)C(C)C)OCN(CC(C)C)C(C)C. The Morgan fingerprint density at radius 1 is 1.07 bits per heavy atom. The van der Waals surface area contributed by atoms with Crippen LogP contribution in [-0.4, -0.2) is 56.2 Å². The van der Waals surface area contributed by atoms with Gasteiger partial charge in [-0.2, -0.15) is 0 Å². The Kier molecular flexibility index (Phi) is 14.7. The normalized spacial score (nSPS) is 15.3. The second kappa shape index (κ2) is 13.8. The molecule has 1 N–H and O–H groups in total. The van der Waals surface area contributed by atoms with Crippen LogP contribution in [0.4, 0.5) is 0 Å². The highest BCUT2D eigenvalue weighted by atomic mass is 31.2. The van der Waals surface area contributed by atoms with Crippen LogP contribution in [0.15, 0.2) is 0 Å². The van der Waals surface area contributed by atoms with Gasteiger partial charge in [0.05, 0.1) is 6.61 Å². The monoisotopic (exact) mass is 406 g/mol. The van der Waals surface area contributed by atoms with E-state index in [0.717, 1.165) is 6.54 Å². The number of hydrogen-bond acceptors (Lipinski definition) is 4. The summed E-state index contributed by atoms with van der Waals surface area (Å²) in [6, 6.07) is 0.423. The van der Waals surface area contributed by atoms with Crippen molar-refractivity contribution in [3.63, 3.8) is 0 Å². The average Bonchev–Trinajstić information content (AvgIpc) is 2.49. The largest absolute Gasteiger partial charge is 0.356 e. The standard InChI is InChI=1S/C20H43N2O3P.CH4/c1-15(2)12-22(18(7)8)14-25-26(9,10)24-13-19(16(3)4)11-21-20(23)17(5)6;/h15-19H,9,11-14H2,1-8,10H3,(H,21,23);1H4. The zero-order valence-electron chi connectivity index (χ0n) is 18.5. The van der Waals surface area contributed by atoms with Crippen LogP contribution < -0.4 is 5.32 Å². The molecule has 0 rings (SSSR count). The molecule has 0 radical (unpaired) electrons. The molecule has 0 saturated carbocycles. The van der Waals surface area contributed by atoms with Crippen molar-refractivity contribution in [3.05, 3.63) is 0 Å². The van der Waals surface area contributed by atoms with Gasteiger partial charge in [-0.15, -0.1) is 0 Å². The second-order valence-electron chi connectivity index (χ2n) is 8.73. The maximum absolute atomic E-state index is 11.8. The number of rotatable bonds is 13. The van der Waals surface area contributed by atoms with Gasteiger partial charge in [0.1, 0.15) is 14.1 Å².